The van der Waals surface area contributed by atoms with Gasteiger partial charge in [-0.3, -0.25) is 4.72 Å². The summed E-state index contributed by atoms with van der Waals surface area (Å²) in [6, 6.07) is 7.59. The van der Waals surface area contributed by atoms with Crippen LogP contribution in [0.4, 0.5) is 18.9 Å². The first kappa shape index (κ1) is 17.9. The summed E-state index contributed by atoms with van der Waals surface area (Å²) in [5.41, 5.74) is -0.768. The van der Waals surface area contributed by atoms with Crippen LogP contribution in [0.3, 0.4) is 0 Å². The van der Waals surface area contributed by atoms with Crippen LogP contribution >= 0.6 is 0 Å². The van der Waals surface area contributed by atoms with Crippen LogP contribution in [0.2, 0.25) is 0 Å². The van der Waals surface area contributed by atoms with Gasteiger partial charge < -0.3 is 9.47 Å². The minimum absolute atomic E-state index is 0.158. The first-order chi connectivity index (χ1) is 11.2. The van der Waals surface area contributed by atoms with Gasteiger partial charge in [-0.25, -0.2) is 8.42 Å². The zero-order valence-electron chi connectivity index (χ0n) is 12.7. The Morgan fingerprint density at radius 2 is 1.42 bits per heavy atom. The maximum Gasteiger partial charge on any atom is 0.416 e. The number of anilines is 1. The van der Waals surface area contributed by atoms with E-state index in [0.717, 1.165) is 12.1 Å². The second-order valence-electron chi connectivity index (χ2n) is 4.73. The highest BCUT2D eigenvalue weighted by atomic mass is 32.2. The minimum atomic E-state index is -4.53. The molecule has 0 fully saturated rings. The highest BCUT2D eigenvalue weighted by Gasteiger charge is 2.30. The van der Waals surface area contributed by atoms with Crippen LogP contribution in [0.5, 0.6) is 11.5 Å². The molecule has 9 heteroatoms. The van der Waals surface area contributed by atoms with Crippen LogP contribution < -0.4 is 14.2 Å². The summed E-state index contributed by atoms with van der Waals surface area (Å²) in [6.45, 7) is 0. The van der Waals surface area contributed by atoms with Crippen LogP contribution in [0.1, 0.15) is 5.56 Å². The Hall–Kier alpha value is -2.42. The molecule has 0 amide bonds. The molecule has 1 N–H and O–H groups in total. The third-order valence-corrected chi connectivity index (χ3v) is 4.49. The Kier molecular flexibility index (Phi) is 4.93. The number of hydrogen-bond acceptors (Lipinski definition) is 4. The number of sulfonamides is 1. The number of hydrogen-bond donors (Lipinski definition) is 1. The summed E-state index contributed by atoms with van der Waals surface area (Å²) in [7, 11) is -1.24. The molecule has 0 aliphatic heterocycles. The summed E-state index contributed by atoms with van der Waals surface area (Å²) in [4.78, 5) is -0.294. The highest BCUT2D eigenvalue weighted by molar-refractivity contribution is 7.92. The number of benzene rings is 2. The molecular formula is C15H14F3NO4S. The van der Waals surface area contributed by atoms with E-state index in [2.05, 4.69) is 4.72 Å². The number of rotatable bonds is 5. The molecular weight excluding hydrogens is 347 g/mol. The van der Waals surface area contributed by atoms with E-state index < -0.39 is 21.8 Å². The number of halogens is 3. The van der Waals surface area contributed by atoms with E-state index in [0.29, 0.717) is 23.6 Å². The fourth-order valence-electron chi connectivity index (χ4n) is 1.90. The zero-order valence-corrected chi connectivity index (χ0v) is 13.5. The summed E-state index contributed by atoms with van der Waals surface area (Å²) in [5, 5.41) is 0. The standard InChI is InChI=1S/C15H14F3NO4S/c1-22-12-7-11(8-13(9-12)23-2)19-24(20,21)14-5-3-10(4-6-14)15(16,17)18/h3-9,19H,1-2H3. The Bertz CT molecular complexity index is 795. The third kappa shape index (κ3) is 4.10. The number of ether oxygens (including phenoxy) is 2. The lowest BCUT2D eigenvalue weighted by Gasteiger charge is -2.12. The summed E-state index contributed by atoms with van der Waals surface area (Å²) in [5.74, 6) is 0.721. The van der Waals surface area contributed by atoms with E-state index in [4.69, 9.17) is 9.47 Å². The molecule has 130 valence electrons. The maximum absolute atomic E-state index is 12.5. The van der Waals surface area contributed by atoms with Gasteiger partial charge in [0.25, 0.3) is 10.0 Å². The predicted octanol–water partition coefficient (Wildman–Crippen LogP) is 3.52. The molecule has 0 aromatic heterocycles. The van der Waals surface area contributed by atoms with Crippen molar-refractivity contribution in [2.75, 3.05) is 18.9 Å². The van der Waals surface area contributed by atoms with Crippen LogP contribution in [-0.2, 0) is 16.2 Å². The lowest BCUT2D eigenvalue weighted by Crippen LogP contribution is -2.14. The van der Waals surface area contributed by atoms with Crippen molar-refractivity contribution >= 4 is 15.7 Å². The van der Waals surface area contributed by atoms with Gasteiger partial charge in [-0.2, -0.15) is 13.2 Å². The average Bonchev–Trinajstić information content (AvgIpc) is 2.53. The zero-order chi connectivity index (χ0) is 18.0. The molecule has 0 heterocycles. The second-order valence-corrected chi connectivity index (χ2v) is 6.41. The molecule has 2 aromatic carbocycles. The maximum atomic E-state index is 12.5. The topological polar surface area (TPSA) is 64.6 Å². The molecule has 0 aliphatic carbocycles. The lowest BCUT2D eigenvalue weighted by molar-refractivity contribution is -0.137. The molecule has 0 atom stereocenters. The van der Waals surface area contributed by atoms with Crippen molar-refractivity contribution in [3.63, 3.8) is 0 Å². The van der Waals surface area contributed by atoms with Gasteiger partial charge in [-0.05, 0) is 24.3 Å². The van der Waals surface area contributed by atoms with E-state index in [1.54, 1.807) is 6.07 Å². The first-order valence-electron chi connectivity index (χ1n) is 6.59. The molecule has 2 rings (SSSR count). The van der Waals surface area contributed by atoms with Crippen molar-refractivity contribution in [3.05, 3.63) is 48.0 Å². The Morgan fingerprint density at radius 1 is 0.917 bits per heavy atom. The molecule has 0 unspecified atom stereocenters. The Balaban J connectivity index is 2.31. The Labute approximate surface area is 137 Å². The fraction of sp³-hybridized carbons (Fsp3) is 0.200. The molecule has 0 radical (unpaired) electrons. The van der Waals surface area contributed by atoms with Gasteiger partial charge in [0.05, 0.1) is 30.4 Å². The van der Waals surface area contributed by atoms with Gasteiger partial charge in [0.1, 0.15) is 11.5 Å². The first-order valence-corrected chi connectivity index (χ1v) is 8.07. The predicted molar refractivity (Wildman–Crippen MR) is 81.8 cm³/mol. The lowest BCUT2D eigenvalue weighted by atomic mass is 10.2. The smallest absolute Gasteiger partial charge is 0.416 e. The van der Waals surface area contributed by atoms with Gasteiger partial charge in [0, 0.05) is 18.2 Å². The molecule has 0 saturated carbocycles. The summed E-state index contributed by atoms with van der Waals surface area (Å²) in [6.07, 6.45) is -4.53. The summed E-state index contributed by atoms with van der Waals surface area (Å²) >= 11 is 0. The van der Waals surface area contributed by atoms with Crippen LogP contribution in [0, 0.1) is 0 Å². The monoisotopic (exact) mass is 361 g/mol. The highest BCUT2D eigenvalue weighted by Crippen LogP contribution is 2.31. The van der Waals surface area contributed by atoms with Crippen molar-refractivity contribution in [1.82, 2.24) is 0 Å². The van der Waals surface area contributed by atoms with Crippen LogP contribution in [-0.4, -0.2) is 22.6 Å². The Morgan fingerprint density at radius 3 is 1.83 bits per heavy atom. The SMILES string of the molecule is COc1cc(NS(=O)(=O)c2ccc(C(F)(F)F)cc2)cc(OC)c1. The molecule has 0 saturated heterocycles. The number of nitrogens with one attached hydrogen (secondary N) is 1. The number of alkyl halides is 3. The summed E-state index contributed by atoms with van der Waals surface area (Å²) < 4.78 is 74.5. The molecule has 0 bridgehead atoms. The quantitative estimate of drug-likeness (QED) is 0.885. The molecule has 24 heavy (non-hydrogen) atoms. The van der Waals surface area contributed by atoms with Gasteiger partial charge in [0.2, 0.25) is 0 Å². The fourth-order valence-corrected chi connectivity index (χ4v) is 2.94. The molecule has 0 spiro atoms. The normalized spacial score (nSPS) is 11.9. The molecule has 5 nitrogen and oxygen atoms in total. The largest absolute Gasteiger partial charge is 0.497 e. The van der Waals surface area contributed by atoms with Gasteiger partial charge in [0.15, 0.2) is 0 Å². The van der Waals surface area contributed by atoms with Crippen molar-refractivity contribution in [3.8, 4) is 11.5 Å². The van der Waals surface area contributed by atoms with E-state index in [1.165, 1.54) is 26.4 Å². The van der Waals surface area contributed by atoms with Crippen LogP contribution in [0.25, 0.3) is 0 Å². The number of methoxy groups -OCH3 is 2. The molecule has 0 aliphatic rings. The van der Waals surface area contributed by atoms with Gasteiger partial charge in [-0.15, -0.1) is 0 Å². The van der Waals surface area contributed by atoms with Gasteiger partial charge >= 0.3 is 6.18 Å². The third-order valence-electron chi connectivity index (χ3n) is 3.10. The van der Waals surface area contributed by atoms with E-state index >= 15 is 0 Å². The van der Waals surface area contributed by atoms with Crippen molar-refractivity contribution < 1.29 is 31.1 Å². The van der Waals surface area contributed by atoms with E-state index in [-0.39, 0.29) is 10.6 Å². The molecule has 2 aromatic rings. The van der Waals surface area contributed by atoms with Crippen molar-refractivity contribution in [2.24, 2.45) is 0 Å². The average molecular weight is 361 g/mol. The van der Waals surface area contributed by atoms with E-state index in [9.17, 15) is 21.6 Å². The van der Waals surface area contributed by atoms with Crippen molar-refractivity contribution in [1.29, 1.82) is 0 Å². The van der Waals surface area contributed by atoms with Gasteiger partial charge in [-0.1, -0.05) is 0 Å². The van der Waals surface area contributed by atoms with E-state index in [1.807, 2.05) is 0 Å². The minimum Gasteiger partial charge on any atom is -0.497 e. The van der Waals surface area contributed by atoms with Crippen molar-refractivity contribution in [2.45, 2.75) is 11.1 Å². The second kappa shape index (κ2) is 6.60. The van der Waals surface area contributed by atoms with Crippen LogP contribution in [0.15, 0.2) is 47.4 Å².